The van der Waals surface area contributed by atoms with Crippen molar-refractivity contribution < 1.29 is 36.7 Å². The predicted molar refractivity (Wildman–Crippen MR) is 127 cm³/mol. The smallest absolute Gasteiger partial charge is 0.396 e. The Bertz CT molecular complexity index is 363. The van der Waals surface area contributed by atoms with Gasteiger partial charge in [0, 0.05) is 46.7 Å². The fourth-order valence-electron chi connectivity index (χ4n) is 2.64. The molecule has 0 radical (unpaired) electrons. The van der Waals surface area contributed by atoms with Crippen molar-refractivity contribution in [1.82, 2.24) is 0 Å². The van der Waals surface area contributed by atoms with E-state index in [1.54, 1.807) is 14.2 Å². The first-order valence-electron chi connectivity index (χ1n) is 11.0. The summed E-state index contributed by atoms with van der Waals surface area (Å²) in [7, 11) is -1.55. The highest BCUT2D eigenvalue weighted by molar-refractivity contribution is 6.67. The Morgan fingerprint density at radius 1 is 0.968 bits per heavy atom. The van der Waals surface area contributed by atoms with E-state index in [0.29, 0.717) is 45.7 Å². The third-order valence-electron chi connectivity index (χ3n) is 4.32. The van der Waals surface area contributed by atoms with Gasteiger partial charge in [-0.1, -0.05) is 0 Å². The van der Waals surface area contributed by atoms with Gasteiger partial charge in [-0.15, -0.1) is 13.2 Å². The number of aliphatic hydroxyl groups excluding tert-OH is 1. The molecule has 0 aromatic rings. The summed E-state index contributed by atoms with van der Waals surface area (Å²) in [6.45, 7) is 16.6. The summed E-state index contributed by atoms with van der Waals surface area (Å²) in [5, 5.41) is 9.18. The van der Waals surface area contributed by atoms with Crippen molar-refractivity contribution in [2.75, 3.05) is 66.6 Å². The summed E-state index contributed by atoms with van der Waals surface area (Å²) in [5.74, 6) is 0. The monoisotopic (exact) mass is 485 g/mol. The first-order valence-corrected chi connectivity index (χ1v) is 15.2. The van der Waals surface area contributed by atoms with E-state index in [-0.39, 0.29) is 6.23 Å². The summed E-state index contributed by atoms with van der Waals surface area (Å²) in [4.78, 5) is 0. The lowest BCUT2D eigenvalue weighted by Gasteiger charge is -2.28. The highest BCUT2D eigenvalue weighted by Crippen LogP contribution is 2.17. The molecular weight excluding hydrogens is 438 g/mol. The molecule has 3 N–H and O–H groups in total. The number of epoxide rings is 1. The molecule has 1 aliphatic rings. The molecule has 0 aromatic heterocycles. The molecule has 0 bridgehead atoms. The van der Waals surface area contributed by atoms with E-state index < -0.39 is 17.4 Å². The van der Waals surface area contributed by atoms with Gasteiger partial charge in [0.2, 0.25) is 0 Å². The second-order valence-corrected chi connectivity index (χ2v) is 12.7. The molecular formula is C20H47NO8Si2. The number of hydrogen-bond acceptors (Lipinski definition) is 9. The first kappa shape index (κ1) is 33.0. The van der Waals surface area contributed by atoms with Crippen LogP contribution in [0.15, 0.2) is 13.2 Å². The van der Waals surface area contributed by atoms with Crippen LogP contribution >= 0.6 is 0 Å². The van der Waals surface area contributed by atoms with E-state index in [1.807, 2.05) is 20.8 Å². The second-order valence-electron chi connectivity index (χ2n) is 6.49. The first-order chi connectivity index (χ1) is 15.0. The van der Waals surface area contributed by atoms with Crippen LogP contribution in [0.4, 0.5) is 0 Å². The quantitative estimate of drug-likeness (QED) is 0.130. The molecule has 11 heteroatoms. The average Bonchev–Trinajstić information content (AvgIpc) is 3.62. The van der Waals surface area contributed by atoms with Crippen LogP contribution in [0.5, 0.6) is 0 Å². The lowest BCUT2D eigenvalue weighted by molar-refractivity contribution is 0.0710. The third kappa shape index (κ3) is 16.1. The topological polar surface area (TPSA) is 114 Å². The van der Waals surface area contributed by atoms with Crippen molar-refractivity contribution in [3.8, 4) is 0 Å². The SMILES string of the molecule is C=C.CCO[Si](CCCN)(OCC)OCC.CO[Si](CO)(CCCOCC1CO1)OC. The van der Waals surface area contributed by atoms with Gasteiger partial charge in [-0.2, -0.15) is 0 Å². The molecule has 1 aliphatic heterocycles. The average molecular weight is 486 g/mol. The normalized spacial score (nSPS) is 15.5. The number of rotatable bonds is 18. The molecule has 0 aromatic carbocycles. The van der Waals surface area contributed by atoms with Crippen LogP contribution in [0.3, 0.4) is 0 Å². The molecule has 9 nitrogen and oxygen atoms in total. The molecule has 31 heavy (non-hydrogen) atoms. The van der Waals surface area contributed by atoms with E-state index in [1.165, 1.54) is 0 Å². The molecule has 1 rings (SSSR count). The Morgan fingerprint density at radius 2 is 1.48 bits per heavy atom. The van der Waals surface area contributed by atoms with Gasteiger partial charge in [-0.05, 0) is 46.2 Å². The summed E-state index contributed by atoms with van der Waals surface area (Å²) >= 11 is 0. The molecule has 1 saturated heterocycles. The molecule has 1 heterocycles. The zero-order valence-electron chi connectivity index (χ0n) is 20.4. The molecule has 1 unspecified atom stereocenters. The van der Waals surface area contributed by atoms with Gasteiger partial charge in [0.15, 0.2) is 0 Å². The van der Waals surface area contributed by atoms with Gasteiger partial charge >= 0.3 is 17.4 Å². The molecule has 1 atom stereocenters. The number of nitrogens with two attached hydrogens (primary N) is 1. The van der Waals surface area contributed by atoms with Gasteiger partial charge < -0.3 is 42.4 Å². The van der Waals surface area contributed by atoms with E-state index in [2.05, 4.69) is 13.2 Å². The maximum atomic E-state index is 9.18. The van der Waals surface area contributed by atoms with Crippen LogP contribution in [0.2, 0.25) is 12.1 Å². The molecule has 0 spiro atoms. The van der Waals surface area contributed by atoms with Gasteiger partial charge in [-0.3, -0.25) is 0 Å². The fraction of sp³-hybridized carbons (Fsp3) is 0.900. The van der Waals surface area contributed by atoms with Crippen LogP contribution in [0.1, 0.15) is 33.6 Å². The van der Waals surface area contributed by atoms with E-state index in [4.69, 9.17) is 37.3 Å². The van der Waals surface area contributed by atoms with E-state index >= 15 is 0 Å². The Morgan fingerprint density at radius 3 is 1.84 bits per heavy atom. The summed E-state index contributed by atoms with van der Waals surface area (Å²) in [6, 6.07) is 1.57. The van der Waals surface area contributed by atoms with Gasteiger partial charge in [0.25, 0.3) is 0 Å². The van der Waals surface area contributed by atoms with Crippen molar-refractivity contribution in [3.63, 3.8) is 0 Å². The Kier molecular flexibility index (Phi) is 23.0. The zero-order valence-corrected chi connectivity index (χ0v) is 22.4. The Balaban J connectivity index is 0. The number of hydrogen-bond donors (Lipinski definition) is 2. The molecule has 0 saturated carbocycles. The minimum atomic E-state index is -2.40. The lowest BCUT2D eigenvalue weighted by Crippen LogP contribution is -2.46. The minimum Gasteiger partial charge on any atom is -0.396 e. The Labute approximate surface area is 191 Å². The Hall–Kier alpha value is -0.186. The fourth-order valence-corrected chi connectivity index (χ4v) is 6.95. The van der Waals surface area contributed by atoms with Gasteiger partial charge in [-0.25, -0.2) is 0 Å². The van der Waals surface area contributed by atoms with Crippen LogP contribution < -0.4 is 5.73 Å². The third-order valence-corrected chi connectivity index (χ3v) is 10.6. The molecule has 0 aliphatic carbocycles. The highest BCUT2D eigenvalue weighted by atomic mass is 28.4. The molecule has 188 valence electrons. The van der Waals surface area contributed by atoms with Crippen molar-refractivity contribution in [1.29, 1.82) is 0 Å². The summed E-state index contributed by atoms with van der Waals surface area (Å²) in [6.07, 6.45) is 2.05. The standard InChI is InChI=1S/C9H23NO3Si.C9H20O5Si.C2H4/c1-4-11-14(12-5-2,13-6-3)9-7-8-10;1-11-15(8-10,12-2)5-3-4-13-6-9-7-14-9;1-2/h4-10H2,1-3H3;9-10H,3-8H2,1-2H3;1-2H2. The van der Waals surface area contributed by atoms with Crippen LogP contribution in [0.25, 0.3) is 0 Å². The highest BCUT2D eigenvalue weighted by Gasteiger charge is 2.39. The zero-order chi connectivity index (χ0) is 24.0. The second kappa shape index (κ2) is 21.6. The van der Waals surface area contributed by atoms with Crippen molar-refractivity contribution in [3.05, 3.63) is 13.2 Å². The number of ether oxygens (including phenoxy) is 2. The predicted octanol–water partition coefficient (Wildman–Crippen LogP) is 2.24. The molecule has 0 amide bonds. The van der Waals surface area contributed by atoms with Crippen molar-refractivity contribution in [2.45, 2.75) is 51.8 Å². The van der Waals surface area contributed by atoms with E-state index in [0.717, 1.165) is 31.5 Å². The van der Waals surface area contributed by atoms with Gasteiger partial charge in [0.1, 0.15) is 6.10 Å². The maximum absolute atomic E-state index is 9.18. The number of aliphatic hydroxyl groups is 1. The molecule has 1 fully saturated rings. The summed E-state index contributed by atoms with van der Waals surface area (Å²) in [5.41, 5.74) is 5.48. The maximum Gasteiger partial charge on any atom is 0.500 e. The van der Waals surface area contributed by atoms with Crippen LogP contribution in [-0.4, -0.2) is 95.2 Å². The van der Waals surface area contributed by atoms with E-state index in [9.17, 15) is 5.11 Å². The van der Waals surface area contributed by atoms with Crippen molar-refractivity contribution >= 4 is 17.4 Å². The van der Waals surface area contributed by atoms with Crippen LogP contribution in [-0.2, 0) is 31.6 Å². The van der Waals surface area contributed by atoms with Crippen LogP contribution in [0, 0.1) is 0 Å². The minimum absolute atomic E-state index is 0.00820. The van der Waals surface area contributed by atoms with Crippen molar-refractivity contribution in [2.24, 2.45) is 5.73 Å². The lowest BCUT2D eigenvalue weighted by atomic mass is 10.5. The largest absolute Gasteiger partial charge is 0.500 e. The summed E-state index contributed by atoms with van der Waals surface area (Å²) < 4.78 is 37.9. The van der Waals surface area contributed by atoms with Gasteiger partial charge in [0.05, 0.1) is 19.4 Å².